The number of carbonyl (C=O) groups is 1. The van der Waals surface area contributed by atoms with Crippen LogP contribution in [0.1, 0.15) is 27.6 Å². The van der Waals surface area contributed by atoms with E-state index in [0.717, 1.165) is 36.1 Å². The predicted octanol–water partition coefficient (Wildman–Crippen LogP) is 3.52. The van der Waals surface area contributed by atoms with Crippen molar-refractivity contribution in [3.05, 3.63) is 59.2 Å². The van der Waals surface area contributed by atoms with Crippen molar-refractivity contribution in [1.29, 1.82) is 0 Å². The monoisotopic (exact) mass is 395 g/mol. The first kappa shape index (κ1) is 19.3. The number of hydrogen-bond acceptors (Lipinski definition) is 6. The van der Waals surface area contributed by atoms with Gasteiger partial charge in [0.15, 0.2) is 5.76 Å². The molecule has 1 aliphatic rings. The molecule has 2 aromatic heterocycles. The zero-order valence-corrected chi connectivity index (χ0v) is 17.0. The van der Waals surface area contributed by atoms with E-state index in [0.29, 0.717) is 36.8 Å². The summed E-state index contributed by atoms with van der Waals surface area (Å²) in [6, 6.07) is 11.0. The number of aryl methyl sites for hydroxylation is 2. The van der Waals surface area contributed by atoms with E-state index < -0.39 is 0 Å². The van der Waals surface area contributed by atoms with Crippen molar-refractivity contribution in [2.45, 2.75) is 20.4 Å². The Kier molecular flexibility index (Phi) is 5.40. The van der Waals surface area contributed by atoms with Crippen LogP contribution in [0.15, 0.2) is 45.2 Å². The summed E-state index contributed by atoms with van der Waals surface area (Å²) in [4.78, 5) is 21.5. The van der Waals surface area contributed by atoms with Gasteiger partial charge in [0.25, 0.3) is 11.8 Å². The second-order valence-electron chi connectivity index (χ2n) is 7.23. The van der Waals surface area contributed by atoms with Gasteiger partial charge in [-0.2, -0.15) is 0 Å². The van der Waals surface area contributed by atoms with Gasteiger partial charge in [-0.05, 0) is 50.2 Å². The molecule has 3 heterocycles. The SMILES string of the molecule is COc1ccc(C(=O)N2CCN(Cc3nc(-c4ccc(C)o4)oc3C)CC2)cc1. The number of ether oxygens (including phenoxy) is 1. The molecule has 0 aliphatic carbocycles. The van der Waals surface area contributed by atoms with Gasteiger partial charge < -0.3 is 18.5 Å². The normalized spacial score (nSPS) is 14.9. The number of oxazole rings is 1. The standard InChI is InChI=1S/C22H25N3O4/c1-15-4-9-20(28-15)21-23-19(16(2)29-21)14-24-10-12-25(13-11-24)22(26)17-5-7-18(27-3)8-6-17/h4-9H,10-14H2,1-3H3. The van der Waals surface area contributed by atoms with Gasteiger partial charge in [0.05, 0.1) is 12.8 Å². The lowest BCUT2D eigenvalue weighted by atomic mass is 10.1. The third kappa shape index (κ3) is 4.19. The Hall–Kier alpha value is -3.06. The van der Waals surface area contributed by atoms with Crippen LogP contribution in [-0.2, 0) is 6.54 Å². The molecule has 7 nitrogen and oxygen atoms in total. The lowest BCUT2D eigenvalue weighted by Crippen LogP contribution is -2.48. The maximum atomic E-state index is 12.7. The van der Waals surface area contributed by atoms with Gasteiger partial charge in [0.1, 0.15) is 17.3 Å². The van der Waals surface area contributed by atoms with Crippen molar-refractivity contribution < 1.29 is 18.4 Å². The highest BCUT2D eigenvalue weighted by Crippen LogP contribution is 2.24. The highest BCUT2D eigenvalue weighted by molar-refractivity contribution is 5.94. The molecule has 1 fully saturated rings. The molecule has 4 rings (SSSR count). The Bertz CT molecular complexity index is 982. The minimum absolute atomic E-state index is 0.0559. The molecule has 0 unspecified atom stereocenters. The first-order chi connectivity index (χ1) is 14.0. The molecule has 0 spiro atoms. The number of aromatic nitrogens is 1. The van der Waals surface area contributed by atoms with Crippen LogP contribution in [0.25, 0.3) is 11.7 Å². The average molecular weight is 395 g/mol. The van der Waals surface area contributed by atoms with Crippen LogP contribution in [0.5, 0.6) is 5.75 Å². The Morgan fingerprint density at radius 3 is 2.38 bits per heavy atom. The molecule has 0 bridgehead atoms. The van der Waals surface area contributed by atoms with Crippen molar-refractivity contribution in [3.8, 4) is 17.4 Å². The fourth-order valence-corrected chi connectivity index (χ4v) is 3.47. The Labute approximate surface area is 169 Å². The number of benzene rings is 1. The lowest BCUT2D eigenvalue weighted by molar-refractivity contribution is 0.0626. The third-order valence-electron chi connectivity index (χ3n) is 5.21. The summed E-state index contributed by atoms with van der Waals surface area (Å²) in [7, 11) is 1.62. The van der Waals surface area contributed by atoms with E-state index in [-0.39, 0.29) is 5.91 Å². The first-order valence-corrected chi connectivity index (χ1v) is 9.72. The quantitative estimate of drug-likeness (QED) is 0.658. The zero-order valence-electron chi connectivity index (χ0n) is 17.0. The molecule has 152 valence electrons. The zero-order chi connectivity index (χ0) is 20.4. The molecule has 0 atom stereocenters. The molecule has 1 aliphatic heterocycles. The summed E-state index contributed by atoms with van der Waals surface area (Å²) in [6.07, 6.45) is 0. The molecule has 29 heavy (non-hydrogen) atoms. The van der Waals surface area contributed by atoms with Crippen LogP contribution in [-0.4, -0.2) is 54.0 Å². The van der Waals surface area contributed by atoms with Crippen molar-refractivity contribution >= 4 is 5.91 Å². The maximum absolute atomic E-state index is 12.7. The molecule has 1 amide bonds. The number of carbonyl (C=O) groups excluding carboxylic acids is 1. The number of methoxy groups -OCH3 is 1. The van der Waals surface area contributed by atoms with Crippen molar-refractivity contribution in [3.63, 3.8) is 0 Å². The van der Waals surface area contributed by atoms with Crippen molar-refractivity contribution in [1.82, 2.24) is 14.8 Å². The van der Waals surface area contributed by atoms with Gasteiger partial charge in [-0.1, -0.05) is 0 Å². The predicted molar refractivity (Wildman–Crippen MR) is 108 cm³/mol. The van der Waals surface area contributed by atoms with Gasteiger partial charge >= 0.3 is 0 Å². The molecule has 0 saturated carbocycles. The third-order valence-corrected chi connectivity index (χ3v) is 5.21. The molecule has 3 aromatic rings. The van der Waals surface area contributed by atoms with Crippen LogP contribution in [0.4, 0.5) is 0 Å². The van der Waals surface area contributed by atoms with Gasteiger partial charge in [-0.15, -0.1) is 0 Å². The smallest absolute Gasteiger partial charge is 0.263 e. The van der Waals surface area contributed by atoms with Crippen LogP contribution in [0.3, 0.4) is 0 Å². The molecule has 1 saturated heterocycles. The average Bonchev–Trinajstić information content (AvgIpc) is 3.34. The number of amides is 1. The molecule has 0 N–H and O–H groups in total. The second kappa shape index (κ2) is 8.13. The second-order valence-corrected chi connectivity index (χ2v) is 7.23. The highest BCUT2D eigenvalue weighted by atomic mass is 16.5. The summed E-state index contributed by atoms with van der Waals surface area (Å²) in [5, 5.41) is 0. The number of furan rings is 1. The van der Waals surface area contributed by atoms with E-state index >= 15 is 0 Å². The summed E-state index contributed by atoms with van der Waals surface area (Å²) in [5.74, 6) is 3.59. The van der Waals surface area contributed by atoms with Gasteiger partial charge in [-0.25, -0.2) is 4.98 Å². The minimum atomic E-state index is 0.0559. The topological polar surface area (TPSA) is 72.0 Å². The molecule has 0 radical (unpaired) electrons. The summed E-state index contributed by atoms with van der Waals surface area (Å²) in [5.41, 5.74) is 1.59. The minimum Gasteiger partial charge on any atom is -0.497 e. The fourth-order valence-electron chi connectivity index (χ4n) is 3.47. The van der Waals surface area contributed by atoms with E-state index in [1.807, 2.05) is 55.1 Å². The molecular weight excluding hydrogens is 370 g/mol. The van der Waals surface area contributed by atoms with Gasteiger partial charge in [-0.3, -0.25) is 9.69 Å². The summed E-state index contributed by atoms with van der Waals surface area (Å²) >= 11 is 0. The van der Waals surface area contributed by atoms with E-state index in [1.54, 1.807) is 7.11 Å². The Balaban J connectivity index is 1.35. The Morgan fingerprint density at radius 2 is 1.76 bits per heavy atom. The van der Waals surface area contributed by atoms with E-state index in [9.17, 15) is 4.79 Å². The lowest BCUT2D eigenvalue weighted by Gasteiger charge is -2.34. The van der Waals surface area contributed by atoms with E-state index in [4.69, 9.17) is 13.6 Å². The molecular formula is C22H25N3O4. The van der Waals surface area contributed by atoms with Crippen LogP contribution in [0, 0.1) is 13.8 Å². The fraction of sp³-hybridized carbons (Fsp3) is 0.364. The van der Waals surface area contributed by atoms with Crippen LogP contribution < -0.4 is 4.74 Å². The number of hydrogen-bond donors (Lipinski definition) is 0. The maximum Gasteiger partial charge on any atom is 0.263 e. The number of nitrogens with zero attached hydrogens (tertiary/aromatic N) is 3. The highest BCUT2D eigenvalue weighted by Gasteiger charge is 2.24. The van der Waals surface area contributed by atoms with Gasteiger partial charge in [0.2, 0.25) is 0 Å². The van der Waals surface area contributed by atoms with Crippen LogP contribution in [0.2, 0.25) is 0 Å². The van der Waals surface area contributed by atoms with Crippen molar-refractivity contribution in [2.24, 2.45) is 0 Å². The largest absolute Gasteiger partial charge is 0.497 e. The van der Waals surface area contributed by atoms with Gasteiger partial charge in [0, 0.05) is 38.3 Å². The van der Waals surface area contributed by atoms with Crippen LogP contribution >= 0.6 is 0 Å². The number of piperazine rings is 1. The Morgan fingerprint density at radius 1 is 1.03 bits per heavy atom. The van der Waals surface area contributed by atoms with E-state index in [1.165, 1.54) is 0 Å². The number of rotatable bonds is 5. The van der Waals surface area contributed by atoms with Crippen molar-refractivity contribution in [2.75, 3.05) is 33.3 Å². The first-order valence-electron chi connectivity index (χ1n) is 9.72. The molecule has 7 heteroatoms. The molecule has 1 aromatic carbocycles. The summed E-state index contributed by atoms with van der Waals surface area (Å²) < 4.78 is 16.5. The van der Waals surface area contributed by atoms with E-state index in [2.05, 4.69) is 9.88 Å². The summed E-state index contributed by atoms with van der Waals surface area (Å²) in [6.45, 7) is 7.47.